The number of anilines is 1. The highest BCUT2D eigenvalue weighted by atomic mass is 16.5. The summed E-state index contributed by atoms with van der Waals surface area (Å²) in [6, 6.07) is 14.8. The second-order valence-corrected chi connectivity index (χ2v) is 4.95. The molecule has 0 heterocycles. The third-order valence-electron chi connectivity index (χ3n) is 3.26. The lowest BCUT2D eigenvalue weighted by Gasteiger charge is -2.13. The Bertz CT molecular complexity index is 761. The van der Waals surface area contributed by atoms with Gasteiger partial charge in [-0.1, -0.05) is 0 Å². The molecule has 1 amide bonds. The zero-order valence-electron chi connectivity index (χ0n) is 13.3. The average Bonchev–Trinajstić information content (AvgIpc) is 2.62. The monoisotopic (exact) mass is 324 g/mol. The number of rotatable bonds is 5. The third kappa shape index (κ3) is 4.34. The molecule has 0 aliphatic rings. The van der Waals surface area contributed by atoms with Crippen LogP contribution in [-0.2, 0) is 9.53 Å². The highest BCUT2D eigenvalue weighted by Gasteiger charge is 2.19. The summed E-state index contributed by atoms with van der Waals surface area (Å²) in [5.41, 5.74) is 1.34. The largest absolute Gasteiger partial charge is 0.497 e. The smallest absolute Gasteiger partial charge is 0.338 e. The second-order valence-electron chi connectivity index (χ2n) is 4.95. The Labute approximate surface area is 139 Å². The number of nitrogens with zero attached hydrogens (tertiary/aromatic N) is 1. The summed E-state index contributed by atoms with van der Waals surface area (Å²) in [5.74, 6) is -0.431. The van der Waals surface area contributed by atoms with E-state index in [9.17, 15) is 9.59 Å². The molecular formula is C18H16N2O4. The molecule has 2 aromatic carbocycles. The Balaban J connectivity index is 1.94. The highest BCUT2D eigenvalue weighted by molar-refractivity contribution is 5.97. The van der Waals surface area contributed by atoms with Crippen LogP contribution < -0.4 is 10.1 Å². The lowest BCUT2D eigenvalue weighted by molar-refractivity contribution is -0.123. The molecule has 0 fully saturated rings. The van der Waals surface area contributed by atoms with Gasteiger partial charge in [-0.25, -0.2) is 4.79 Å². The summed E-state index contributed by atoms with van der Waals surface area (Å²) in [6.45, 7) is 1.49. The number of esters is 1. The van der Waals surface area contributed by atoms with E-state index in [1.54, 1.807) is 48.5 Å². The minimum Gasteiger partial charge on any atom is -0.497 e. The van der Waals surface area contributed by atoms with Crippen LogP contribution in [0.25, 0.3) is 0 Å². The molecule has 122 valence electrons. The van der Waals surface area contributed by atoms with E-state index >= 15 is 0 Å². The predicted molar refractivity (Wildman–Crippen MR) is 87.7 cm³/mol. The van der Waals surface area contributed by atoms with Crippen molar-refractivity contribution in [3.63, 3.8) is 0 Å². The number of nitrogens with one attached hydrogen (secondary N) is 1. The summed E-state index contributed by atoms with van der Waals surface area (Å²) in [6.07, 6.45) is -0.963. The van der Waals surface area contributed by atoms with Crippen molar-refractivity contribution in [1.82, 2.24) is 0 Å². The van der Waals surface area contributed by atoms with Crippen LogP contribution in [0.5, 0.6) is 5.75 Å². The summed E-state index contributed by atoms with van der Waals surface area (Å²) in [5, 5.41) is 11.4. The van der Waals surface area contributed by atoms with Crippen LogP contribution in [0.4, 0.5) is 5.69 Å². The Hall–Kier alpha value is -3.33. The first-order valence-electron chi connectivity index (χ1n) is 7.19. The van der Waals surface area contributed by atoms with Crippen LogP contribution in [-0.4, -0.2) is 25.1 Å². The first-order valence-corrected chi connectivity index (χ1v) is 7.19. The second kappa shape index (κ2) is 7.79. The lowest BCUT2D eigenvalue weighted by Crippen LogP contribution is -2.30. The van der Waals surface area contributed by atoms with Gasteiger partial charge in [0.1, 0.15) is 5.75 Å². The van der Waals surface area contributed by atoms with Gasteiger partial charge in [-0.05, 0) is 55.5 Å². The van der Waals surface area contributed by atoms with Crippen molar-refractivity contribution in [3.8, 4) is 11.8 Å². The molecule has 6 nitrogen and oxygen atoms in total. The van der Waals surface area contributed by atoms with Gasteiger partial charge in [0.2, 0.25) is 0 Å². The molecule has 0 saturated carbocycles. The fraction of sp³-hybridized carbons (Fsp3) is 0.167. The summed E-state index contributed by atoms with van der Waals surface area (Å²) in [7, 11) is 1.53. The molecule has 0 aliphatic carbocycles. The quantitative estimate of drug-likeness (QED) is 0.854. The Morgan fingerprint density at radius 3 is 2.25 bits per heavy atom. The molecule has 0 unspecified atom stereocenters. The Kier molecular flexibility index (Phi) is 5.53. The normalized spacial score (nSPS) is 11.0. The van der Waals surface area contributed by atoms with Gasteiger partial charge in [0.05, 0.1) is 24.3 Å². The van der Waals surface area contributed by atoms with Crippen LogP contribution in [0, 0.1) is 11.3 Å². The number of amides is 1. The maximum Gasteiger partial charge on any atom is 0.338 e. The van der Waals surface area contributed by atoms with E-state index in [0.717, 1.165) is 0 Å². The van der Waals surface area contributed by atoms with Gasteiger partial charge in [-0.2, -0.15) is 5.26 Å². The van der Waals surface area contributed by atoms with Gasteiger partial charge in [-0.15, -0.1) is 0 Å². The van der Waals surface area contributed by atoms with Crippen molar-refractivity contribution < 1.29 is 19.1 Å². The molecular weight excluding hydrogens is 308 g/mol. The minimum atomic E-state index is -0.963. The molecule has 2 rings (SSSR count). The number of carbonyl (C=O) groups excluding carboxylic acids is 2. The van der Waals surface area contributed by atoms with Gasteiger partial charge in [0, 0.05) is 5.69 Å². The van der Waals surface area contributed by atoms with Gasteiger partial charge >= 0.3 is 5.97 Å². The summed E-state index contributed by atoms with van der Waals surface area (Å²) < 4.78 is 10.2. The van der Waals surface area contributed by atoms with E-state index in [1.165, 1.54) is 14.0 Å². The van der Waals surface area contributed by atoms with Crippen LogP contribution in [0.3, 0.4) is 0 Å². The molecule has 0 spiro atoms. The Morgan fingerprint density at radius 2 is 1.71 bits per heavy atom. The van der Waals surface area contributed by atoms with Crippen LogP contribution in [0.15, 0.2) is 48.5 Å². The van der Waals surface area contributed by atoms with Gasteiger partial charge in [-0.3, -0.25) is 4.79 Å². The Morgan fingerprint density at radius 1 is 1.08 bits per heavy atom. The van der Waals surface area contributed by atoms with Gasteiger partial charge in [0.15, 0.2) is 6.10 Å². The molecule has 6 heteroatoms. The number of benzene rings is 2. The van der Waals surface area contributed by atoms with Crippen LogP contribution >= 0.6 is 0 Å². The van der Waals surface area contributed by atoms with E-state index in [2.05, 4.69) is 5.32 Å². The van der Waals surface area contributed by atoms with E-state index < -0.39 is 18.0 Å². The van der Waals surface area contributed by atoms with E-state index in [1.807, 2.05) is 6.07 Å². The number of hydrogen-bond donors (Lipinski definition) is 1. The number of nitriles is 1. The maximum absolute atomic E-state index is 12.1. The van der Waals surface area contributed by atoms with Crippen molar-refractivity contribution in [2.24, 2.45) is 0 Å². The van der Waals surface area contributed by atoms with Gasteiger partial charge < -0.3 is 14.8 Å². The number of hydrogen-bond acceptors (Lipinski definition) is 5. The van der Waals surface area contributed by atoms with Crippen molar-refractivity contribution in [3.05, 3.63) is 59.7 Å². The van der Waals surface area contributed by atoms with Crippen LogP contribution in [0.1, 0.15) is 22.8 Å². The van der Waals surface area contributed by atoms with Crippen molar-refractivity contribution >= 4 is 17.6 Å². The maximum atomic E-state index is 12.1. The van der Waals surface area contributed by atoms with Crippen molar-refractivity contribution in [2.75, 3.05) is 12.4 Å². The molecule has 2 aromatic rings. The number of carbonyl (C=O) groups is 2. The van der Waals surface area contributed by atoms with E-state index in [4.69, 9.17) is 14.7 Å². The lowest BCUT2D eigenvalue weighted by atomic mass is 10.2. The summed E-state index contributed by atoms with van der Waals surface area (Å²) in [4.78, 5) is 24.1. The van der Waals surface area contributed by atoms with Crippen molar-refractivity contribution in [2.45, 2.75) is 13.0 Å². The average molecular weight is 324 g/mol. The van der Waals surface area contributed by atoms with Gasteiger partial charge in [0.25, 0.3) is 5.91 Å². The molecule has 24 heavy (non-hydrogen) atoms. The molecule has 0 aromatic heterocycles. The molecule has 0 bridgehead atoms. The first-order chi connectivity index (χ1) is 11.5. The minimum absolute atomic E-state index is 0.328. The predicted octanol–water partition coefficient (Wildman–Crippen LogP) is 2.75. The highest BCUT2D eigenvalue weighted by Crippen LogP contribution is 2.14. The molecule has 1 atom stereocenters. The van der Waals surface area contributed by atoms with E-state index in [0.29, 0.717) is 22.6 Å². The SMILES string of the molecule is COc1ccc(C(=O)O[C@@H](C)C(=O)Nc2ccc(C#N)cc2)cc1. The molecule has 0 radical (unpaired) electrons. The van der Waals surface area contributed by atoms with E-state index in [-0.39, 0.29) is 0 Å². The topological polar surface area (TPSA) is 88.4 Å². The number of ether oxygens (including phenoxy) is 2. The molecule has 0 saturated heterocycles. The molecule has 0 aliphatic heterocycles. The fourth-order valence-corrected chi connectivity index (χ4v) is 1.88. The first kappa shape index (κ1) is 17.0. The zero-order valence-corrected chi connectivity index (χ0v) is 13.3. The van der Waals surface area contributed by atoms with Crippen LogP contribution in [0.2, 0.25) is 0 Å². The third-order valence-corrected chi connectivity index (χ3v) is 3.26. The fourth-order valence-electron chi connectivity index (χ4n) is 1.88. The molecule has 1 N–H and O–H groups in total. The summed E-state index contributed by atoms with van der Waals surface area (Å²) >= 11 is 0. The number of methoxy groups -OCH3 is 1. The zero-order chi connectivity index (χ0) is 17.5. The van der Waals surface area contributed by atoms with Crippen molar-refractivity contribution in [1.29, 1.82) is 5.26 Å². The standard InChI is InChI=1S/C18H16N2O4/c1-12(17(21)20-15-7-3-13(11-19)4-8-15)24-18(22)14-5-9-16(23-2)10-6-14/h3-10,12H,1-2H3,(H,20,21)/t12-/m0/s1.